The van der Waals surface area contributed by atoms with Crippen molar-refractivity contribution in [2.24, 2.45) is 5.92 Å². The minimum Gasteiger partial charge on any atom is -1.00 e. The molecule has 0 unspecified atom stereocenters. The van der Waals surface area contributed by atoms with Crippen LogP contribution in [0.2, 0.25) is 0 Å². The topological polar surface area (TPSA) is 14.1 Å². The Kier molecular flexibility index (Phi) is 30.3. The van der Waals surface area contributed by atoms with E-state index in [4.69, 9.17) is 0 Å². The molecule has 0 amide bonds. The molecule has 11 heavy (non-hydrogen) atoms. The zero-order chi connectivity index (χ0) is 5.11. The van der Waals surface area contributed by atoms with Crippen LogP contribution < -0.4 is 43.7 Å². The average molecular weight is 200 g/mol. The second-order valence-electron chi connectivity index (χ2n) is 2.35. The molecule has 0 saturated carbocycles. The molecule has 1 aliphatic heterocycles. The summed E-state index contributed by atoms with van der Waals surface area (Å²) in [5.74, 6) is 0.942. The van der Waals surface area contributed by atoms with Crippen LogP contribution in [0.1, 0.15) is 19.8 Å². The minimum absolute atomic E-state index is 0. The van der Waals surface area contributed by atoms with Gasteiger partial charge in [-0.1, -0.05) is 19.8 Å². The van der Waals surface area contributed by atoms with E-state index in [1.807, 2.05) is 0 Å². The van der Waals surface area contributed by atoms with Crippen molar-refractivity contribution in [2.45, 2.75) is 19.8 Å². The van der Waals surface area contributed by atoms with Gasteiger partial charge in [-0.2, -0.15) is 0 Å². The molecule has 1 heterocycles. The molecule has 1 aliphatic rings. The Morgan fingerprint density at radius 2 is 1.45 bits per heavy atom. The molecule has 1 nitrogen and oxygen atoms in total. The van der Waals surface area contributed by atoms with Crippen LogP contribution in [0.25, 0.3) is 5.32 Å². The summed E-state index contributed by atoms with van der Waals surface area (Å²) in [6, 6.07) is 0. The van der Waals surface area contributed by atoms with E-state index in [1.54, 1.807) is 0 Å². The van der Waals surface area contributed by atoms with Crippen LogP contribution in [0.4, 0.5) is 0 Å². The van der Waals surface area contributed by atoms with Crippen molar-refractivity contribution in [1.82, 2.24) is 0 Å². The quantitative estimate of drug-likeness (QED) is 0.345. The maximum atomic E-state index is 4.23. The van der Waals surface area contributed by atoms with Crippen molar-refractivity contribution in [3.63, 3.8) is 0 Å². The summed E-state index contributed by atoms with van der Waals surface area (Å²) in [4.78, 5) is 0. The first-order valence-electron chi connectivity index (χ1n) is 3.03. The third-order valence-electron chi connectivity index (χ3n) is 1.56. The Labute approximate surface area is 110 Å². The van der Waals surface area contributed by atoms with Crippen molar-refractivity contribution in [1.29, 1.82) is 0 Å². The van der Waals surface area contributed by atoms with E-state index < -0.39 is 0 Å². The fourth-order valence-electron chi connectivity index (χ4n) is 0.879. The van der Waals surface area contributed by atoms with E-state index in [-0.39, 0.29) is 66.7 Å². The largest absolute Gasteiger partial charge is 2.00 e. The molecule has 1 rings (SSSR count). The smallest absolute Gasteiger partial charge is 1.00 e. The van der Waals surface area contributed by atoms with Crippen molar-refractivity contribution >= 4 is 23.1 Å². The molecule has 58 valence electrons. The molecule has 0 aromatic carbocycles. The molecule has 0 aromatic rings. The van der Waals surface area contributed by atoms with Crippen LogP contribution >= 0.6 is 0 Å². The van der Waals surface area contributed by atoms with Gasteiger partial charge in [0.25, 0.3) is 0 Å². The summed E-state index contributed by atoms with van der Waals surface area (Å²) >= 11 is 0. The summed E-state index contributed by atoms with van der Waals surface area (Å²) in [7, 11) is 0. The van der Waals surface area contributed by atoms with Gasteiger partial charge in [-0.15, -0.1) is 13.1 Å². The van der Waals surface area contributed by atoms with Gasteiger partial charge in [0.05, 0.1) is 0 Å². The first kappa shape index (κ1) is 23.1. The Balaban J connectivity index is -0.0000000612. The number of halogens is 2. The predicted molar refractivity (Wildman–Crippen MR) is 37.2 cm³/mol. The Hall–Kier alpha value is 1.90. The van der Waals surface area contributed by atoms with Crippen LogP contribution in [0.5, 0.6) is 0 Å². The fraction of sp³-hybridized carbons (Fsp3) is 1.00. The molecule has 0 N–H and O–H groups in total. The molecule has 0 spiro atoms. The standard InChI is InChI=1S/C6H12N.2ClH.Li.Mg/c1-6-2-4-7-5-3-6;;;;/h6H,2-5H2,1H3;2*1H;;/q-1;;;+1;+2/p-2. The maximum Gasteiger partial charge on any atom is 2.00 e. The van der Waals surface area contributed by atoms with Crippen molar-refractivity contribution in [3.8, 4) is 0 Å². The second kappa shape index (κ2) is 14.4. The van der Waals surface area contributed by atoms with Gasteiger partial charge in [-0.25, -0.2) is 0 Å². The molecule has 0 atom stereocenters. The number of nitrogens with zero attached hydrogens (tertiary/aromatic N) is 1. The number of hydrogen-bond donors (Lipinski definition) is 0. The second-order valence-corrected chi connectivity index (χ2v) is 2.35. The van der Waals surface area contributed by atoms with Gasteiger partial charge in [0.2, 0.25) is 0 Å². The molecule has 0 aromatic heterocycles. The average Bonchev–Trinajstić information content (AvgIpc) is 1.69. The Bertz CT molecular complexity index is 62.5. The summed E-state index contributed by atoms with van der Waals surface area (Å²) in [6.45, 7) is 4.52. The van der Waals surface area contributed by atoms with Gasteiger partial charge in [0.15, 0.2) is 0 Å². The number of rotatable bonds is 0. The third-order valence-corrected chi connectivity index (χ3v) is 1.56. The first-order valence-corrected chi connectivity index (χ1v) is 3.03. The fourth-order valence-corrected chi connectivity index (χ4v) is 0.879. The minimum atomic E-state index is 0. The van der Waals surface area contributed by atoms with Gasteiger partial charge in [-0.05, 0) is 5.92 Å². The van der Waals surface area contributed by atoms with E-state index >= 15 is 0 Å². The van der Waals surface area contributed by atoms with Crippen molar-refractivity contribution < 1.29 is 43.7 Å². The van der Waals surface area contributed by atoms with E-state index in [0.29, 0.717) is 0 Å². The van der Waals surface area contributed by atoms with Crippen LogP contribution in [-0.4, -0.2) is 36.1 Å². The predicted octanol–water partition coefficient (Wildman–Crippen LogP) is -7.58. The van der Waals surface area contributed by atoms with Crippen LogP contribution in [0, 0.1) is 5.92 Å². The summed E-state index contributed by atoms with van der Waals surface area (Å²) in [6.07, 6.45) is 2.64. The van der Waals surface area contributed by atoms with Gasteiger partial charge >= 0.3 is 41.9 Å². The monoisotopic (exact) mass is 199 g/mol. The Morgan fingerprint density at radius 1 is 1.09 bits per heavy atom. The third kappa shape index (κ3) is 11.9. The van der Waals surface area contributed by atoms with E-state index in [2.05, 4.69) is 12.2 Å². The molecule has 0 bridgehead atoms. The normalized spacial score (nSPS) is 16.1. The molecule has 1 fully saturated rings. The van der Waals surface area contributed by atoms with Gasteiger partial charge < -0.3 is 30.1 Å². The SMILES string of the molecule is CC1CC[N-]CC1.[Cl-].[Cl-].[Li+].[Mg+2]. The van der Waals surface area contributed by atoms with Crippen molar-refractivity contribution in [2.75, 3.05) is 13.1 Å². The molecular formula is C6H12Cl2LiMgN. The van der Waals surface area contributed by atoms with Crippen LogP contribution in [-0.2, 0) is 0 Å². The molecule has 0 aliphatic carbocycles. The maximum absolute atomic E-state index is 4.23. The van der Waals surface area contributed by atoms with Crippen LogP contribution in [0.3, 0.4) is 0 Å². The van der Waals surface area contributed by atoms with Gasteiger partial charge in [0, 0.05) is 0 Å². The summed E-state index contributed by atoms with van der Waals surface area (Å²) in [5, 5.41) is 4.23. The number of piperidine rings is 1. The van der Waals surface area contributed by atoms with Gasteiger partial charge in [-0.3, -0.25) is 0 Å². The summed E-state index contributed by atoms with van der Waals surface area (Å²) < 4.78 is 0. The van der Waals surface area contributed by atoms with Gasteiger partial charge in [0.1, 0.15) is 0 Å². The molecule has 1 saturated heterocycles. The van der Waals surface area contributed by atoms with E-state index in [1.165, 1.54) is 12.8 Å². The van der Waals surface area contributed by atoms with E-state index in [0.717, 1.165) is 19.0 Å². The zero-order valence-electron chi connectivity index (χ0n) is 7.32. The molecular weight excluding hydrogens is 188 g/mol. The first-order chi connectivity index (χ1) is 3.39. The zero-order valence-corrected chi connectivity index (χ0v) is 10.2. The molecule has 5 heteroatoms. The van der Waals surface area contributed by atoms with Crippen molar-refractivity contribution in [3.05, 3.63) is 5.32 Å². The molecule has 0 radical (unpaired) electrons. The van der Waals surface area contributed by atoms with Crippen LogP contribution in [0.15, 0.2) is 0 Å². The summed E-state index contributed by atoms with van der Waals surface area (Å²) in [5.41, 5.74) is 0. The number of hydrogen-bond acceptors (Lipinski definition) is 0. The Morgan fingerprint density at radius 3 is 1.64 bits per heavy atom. The van der Waals surface area contributed by atoms with E-state index in [9.17, 15) is 0 Å².